The lowest BCUT2D eigenvalue weighted by Gasteiger charge is -2.24. The summed E-state index contributed by atoms with van der Waals surface area (Å²) in [5.41, 5.74) is 8.22. The summed E-state index contributed by atoms with van der Waals surface area (Å²) in [7, 11) is 0. The largest absolute Gasteiger partial charge is 0.390 e. The highest BCUT2D eigenvalue weighted by atomic mass is 32.1. The normalized spacial score (nSPS) is 17.9. The molecule has 20 heavy (non-hydrogen) atoms. The molecule has 112 valence electrons. The Morgan fingerprint density at radius 1 is 1.35 bits per heavy atom. The molecule has 0 aromatic carbocycles. The Kier molecular flexibility index (Phi) is 5.08. The first-order valence-corrected chi connectivity index (χ1v) is 8.63. The molecule has 4 heteroatoms. The minimum absolute atomic E-state index is 0.124. The van der Waals surface area contributed by atoms with Crippen molar-refractivity contribution in [1.29, 1.82) is 0 Å². The quantitative estimate of drug-likeness (QED) is 0.899. The summed E-state index contributed by atoms with van der Waals surface area (Å²) in [6.45, 7) is 7.78. The standard InChI is InChI=1S/C16H26N2OS/c1-4-7-11-8-9-12-13(10-11)20-15(17)14(12)16(19)18(5-2)6-3/h11H,4-10,17H2,1-3H3. The lowest BCUT2D eigenvalue weighted by molar-refractivity contribution is 0.0773. The third-order valence-electron chi connectivity index (χ3n) is 4.36. The van der Waals surface area contributed by atoms with E-state index in [9.17, 15) is 4.79 Å². The number of rotatable bonds is 5. The first kappa shape index (κ1) is 15.4. The average Bonchev–Trinajstić information content (AvgIpc) is 2.75. The highest BCUT2D eigenvalue weighted by Crippen LogP contribution is 2.39. The number of carbonyl (C=O) groups excluding carboxylic acids is 1. The van der Waals surface area contributed by atoms with Gasteiger partial charge in [-0.25, -0.2) is 0 Å². The molecule has 1 aromatic rings. The predicted molar refractivity (Wildman–Crippen MR) is 86.4 cm³/mol. The van der Waals surface area contributed by atoms with Crippen LogP contribution in [0.1, 0.15) is 60.8 Å². The molecule has 0 saturated heterocycles. The molecule has 1 atom stereocenters. The van der Waals surface area contributed by atoms with Crippen molar-refractivity contribution in [3.8, 4) is 0 Å². The first-order chi connectivity index (χ1) is 9.62. The molecule has 2 rings (SSSR count). The molecule has 0 fully saturated rings. The van der Waals surface area contributed by atoms with E-state index in [0.717, 1.165) is 42.4 Å². The van der Waals surface area contributed by atoms with Gasteiger partial charge >= 0.3 is 0 Å². The van der Waals surface area contributed by atoms with Crippen molar-refractivity contribution in [1.82, 2.24) is 4.90 Å². The van der Waals surface area contributed by atoms with Crippen LogP contribution in [0.25, 0.3) is 0 Å². The molecule has 1 amide bonds. The molecule has 1 unspecified atom stereocenters. The van der Waals surface area contributed by atoms with E-state index >= 15 is 0 Å². The van der Waals surface area contributed by atoms with Crippen LogP contribution in [-0.2, 0) is 12.8 Å². The minimum Gasteiger partial charge on any atom is -0.390 e. The van der Waals surface area contributed by atoms with Gasteiger partial charge in [-0.3, -0.25) is 4.79 Å². The smallest absolute Gasteiger partial charge is 0.257 e. The van der Waals surface area contributed by atoms with Crippen LogP contribution in [-0.4, -0.2) is 23.9 Å². The highest BCUT2D eigenvalue weighted by Gasteiger charge is 2.29. The van der Waals surface area contributed by atoms with E-state index in [1.165, 1.54) is 29.7 Å². The molecule has 1 aliphatic rings. The third kappa shape index (κ3) is 2.85. The highest BCUT2D eigenvalue weighted by molar-refractivity contribution is 7.16. The fourth-order valence-corrected chi connectivity index (χ4v) is 4.46. The molecule has 0 aliphatic heterocycles. The Hall–Kier alpha value is -1.03. The monoisotopic (exact) mass is 294 g/mol. The Labute approximate surface area is 126 Å². The van der Waals surface area contributed by atoms with Crippen molar-refractivity contribution in [3.63, 3.8) is 0 Å². The van der Waals surface area contributed by atoms with E-state index in [4.69, 9.17) is 5.73 Å². The second kappa shape index (κ2) is 6.61. The zero-order chi connectivity index (χ0) is 14.7. The molecule has 0 radical (unpaired) electrons. The summed E-state index contributed by atoms with van der Waals surface area (Å²) in [5, 5.41) is 0.726. The van der Waals surface area contributed by atoms with Crippen LogP contribution < -0.4 is 5.73 Å². The number of anilines is 1. The van der Waals surface area contributed by atoms with Gasteiger partial charge in [0.15, 0.2) is 0 Å². The predicted octanol–water partition coefficient (Wildman–Crippen LogP) is 3.72. The van der Waals surface area contributed by atoms with E-state index in [-0.39, 0.29) is 5.91 Å². The summed E-state index contributed by atoms with van der Waals surface area (Å²) in [5.74, 6) is 0.904. The lowest BCUT2D eigenvalue weighted by Crippen LogP contribution is -2.31. The molecule has 1 aliphatic carbocycles. The Morgan fingerprint density at radius 3 is 2.65 bits per heavy atom. The van der Waals surface area contributed by atoms with Crippen LogP contribution in [0, 0.1) is 5.92 Å². The van der Waals surface area contributed by atoms with Gasteiger partial charge in [-0.1, -0.05) is 19.8 Å². The summed E-state index contributed by atoms with van der Waals surface area (Å²) in [6.07, 6.45) is 5.87. The molecule has 1 heterocycles. The number of nitrogen functional groups attached to an aromatic ring is 1. The number of hydrogen-bond donors (Lipinski definition) is 1. The van der Waals surface area contributed by atoms with Gasteiger partial charge in [-0.15, -0.1) is 11.3 Å². The van der Waals surface area contributed by atoms with Crippen LogP contribution >= 0.6 is 11.3 Å². The number of fused-ring (bicyclic) bond motifs is 1. The minimum atomic E-state index is 0.124. The zero-order valence-electron chi connectivity index (χ0n) is 12.9. The van der Waals surface area contributed by atoms with Crippen molar-refractivity contribution in [2.24, 2.45) is 5.92 Å². The second-order valence-corrected chi connectivity index (χ2v) is 6.75. The first-order valence-electron chi connectivity index (χ1n) is 7.81. The second-order valence-electron chi connectivity index (χ2n) is 5.62. The number of thiophene rings is 1. The topological polar surface area (TPSA) is 46.3 Å². The molecular weight excluding hydrogens is 268 g/mol. The Balaban J connectivity index is 2.27. The molecule has 3 nitrogen and oxygen atoms in total. The van der Waals surface area contributed by atoms with E-state index in [0.29, 0.717) is 0 Å². The fraction of sp³-hybridized carbons (Fsp3) is 0.688. The number of amides is 1. The fourth-order valence-electron chi connectivity index (χ4n) is 3.23. The van der Waals surface area contributed by atoms with Crippen molar-refractivity contribution in [3.05, 3.63) is 16.0 Å². The van der Waals surface area contributed by atoms with Crippen LogP contribution in [0.15, 0.2) is 0 Å². The maximum atomic E-state index is 12.6. The Morgan fingerprint density at radius 2 is 2.05 bits per heavy atom. The van der Waals surface area contributed by atoms with Gasteiger partial charge in [0.05, 0.1) is 10.6 Å². The summed E-state index contributed by atoms with van der Waals surface area (Å²) >= 11 is 1.64. The summed E-state index contributed by atoms with van der Waals surface area (Å²) in [6, 6.07) is 0. The van der Waals surface area contributed by atoms with Gasteiger partial charge in [0.1, 0.15) is 0 Å². The van der Waals surface area contributed by atoms with Gasteiger partial charge in [-0.2, -0.15) is 0 Å². The van der Waals surface area contributed by atoms with Gasteiger partial charge in [0, 0.05) is 18.0 Å². The van der Waals surface area contributed by atoms with Gasteiger partial charge in [-0.05, 0) is 44.6 Å². The lowest BCUT2D eigenvalue weighted by atomic mass is 9.84. The van der Waals surface area contributed by atoms with Crippen molar-refractivity contribution in [2.75, 3.05) is 18.8 Å². The molecular formula is C16H26N2OS. The number of nitrogens with zero attached hydrogens (tertiary/aromatic N) is 1. The third-order valence-corrected chi connectivity index (χ3v) is 5.44. The summed E-state index contributed by atoms with van der Waals surface area (Å²) < 4.78 is 0. The Bertz CT molecular complexity index is 477. The average molecular weight is 294 g/mol. The van der Waals surface area contributed by atoms with Crippen molar-refractivity contribution >= 4 is 22.2 Å². The van der Waals surface area contributed by atoms with Crippen LogP contribution in [0.3, 0.4) is 0 Å². The van der Waals surface area contributed by atoms with Crippen LogP contribution in [0.4, 0.5) is 5.00 Å². The number of nitrogens with two attached hydrogens (primary N) is 1. The van der Waals surface area contributed by atoms with Crippen molar-refractivity contribution < 1.29 is 4.79 Å². The maximum absolute atomic E-state index is 12.6. The van der Waals surface area contributed by atoms with Gasteiger partial charge < -0.3 is 10.6 Å². The summed E-state index contributed by atoms with van der Waals surface area (Å²) in [4.78, 5) is 15.9. The molecule has 0 spiro atoms. The van der Waals surface area contributed by atoms with Gasteiger partial charge in [0.25, 0.3) is 5.91 Å². The van der Waals surface area contributed by atoms with E-state index in [1.54, 1.807) is 11.3 Å². The molecule has 0 bridgehead atoms. The number of hydrogen-bond acceptors (Lipinski definition) is 3. The van der Waals surface area contributed by atoms with Crippen molar-refractivity contribution in [2.45, 2.75) is 52.9 Å². The zero-order valence-corrected chi connectivity index (χ0v) is 13.7. The molecule has 1 aromatic heterocycles. The van der Waals surface area contributed by atoms with Crippen LogP contribution in [0.5, 0.6) is 0 Å². The van der Waals surface area contributed by atoms with E-state index in [2.05, 4.69) is 6.92 Å². The number of carbonyl (C=O) groups is 1. The van der Waals surface area contributed by atoms with E-state index in [1.807, 2.05) is 18.7 Å². The molecule has 0 saturated carbocycles. The van der Waals surface area contributed by atoms with Crippen LogP contribution in [0.2, 0.25) is 0 Å². The van der Waals surface area contributed by atoms with E-state index < -0.39 is 0 Å². The van der Waals surface area contributed by atoms with Gasteiger partial charge in [0.2, 0.25) is 0 Å². The maximum Gasteiger partial charge on any atom is 0.257 e. The molecule has 2 N–H and O–H groups in total. The SMILES string of the molecule is CCCC1CCc2c(sc(N)c2C(=O)N(CC)CC)C1.